The van der Waals surface area contributed by atoms with Crippen molar-refractivity contribution in [1.82, 2.24) is 14.8 Å². The molecule has 11 heteroatoms. The van der Waals surface area contributed by atoms with Crippen molar-refractivity contribution >= 4 is 17.4 Å². The number of aryl methyl sites for hydroxylation is 2. The summed E-state index contributed by atoms with van der Waals surface area (Å²) in [6.07, 6.45) is -2.88. The van der Waals surface area contributed by atoms with E-state index in [9.17, 15) is 22.0 Å². The topological polar surface area (TPSA) is 52.0 Å². The molecule has 2 heterocycles. The Labute approximate surface area is 170 Å². The molecule has 1 atom stereocenters. The molecule has 0 amide bonds. The number of hydrogen-bond donors (Lipinski definition) is 1. The minimum atomic E-state index is -4.54. The normalized spacial score (nSPS) is 13.2. The number of nitrogens with one attached hydrogen (secondary N) is 1. The van der Waals surface area contributed by atoms with Gasteiger partial charge in [-0.3, -0.25) is 4.68 Å². The quantitative estimate of drug-likeness (QED) is 0.528. The fourth-order valence-electron chi connectivity index (χ4n) is 2.87. The zero-order valence-electron chi connectivity index (χ0n) is 16.3. The molecule has 1 unspecified atom stereocenters. The van der Waals surface area contributed by atoms with Crippen LogP contribution >= 0.6 is 11.6 Å². The minimum Gasteiger partial charge on any atom is -0.434 e. The molecule has 0 spiro atoms. The van der Waals surface area contributed by atoms with Gasteiger partial charge in [0, 0.05) is 18.8 Å². The fraction of sp³-hybridized carbons (Fsp3) is 0.556. The summed E-state index contributed by atoms with van der Waals surface area (Å²) < 4.78 is 71.8. The lowest BCUT2D eigenvalue weighted by Crippen LogP contribution is -2.40. The predicted octanol–water partition coefficient (Wildman–Crippen LogP) is 5.78. The molecule has 29 heavy (non-hydrogen) atoms. The molecular weight excluding hydrogens is 419 g/mol. The van der Waals surface area contributed by atoms with Crippen LogP contribution in [0.15, 0.2) is 12.3 Å². The Morgan fingerprint density at radius 3 is 2.38 bits per heavy atom. The number of nitrogens with zero attached hydrogens (tertiary/aromatic N) is 3. The summed E-state index contributed by atoms with van der Waals surface area (Å²) >= 11 is 6.36. The number of aromatic nitrogens is 3. The fourth-order valence-corrected chi connectivity index (χ4v) is 3.25. The molecule has 2 aromatic rings. The highest BCUT2D eigenvalue weighted by atomic mass is 35.5. The first-order chi connectivity index (χ1) is 13.5. The average molecular weight is 441 g/mol. The summed E-state index contributed by atoms with van der Waals surface area (Å²) in [4.78, 5) is 3.97. The van der Waals surface area contributed by atoms with E-state index in [1.54, 1.807) is 6.92 Å². The van der Waals surface area contributed by atoms with E-state index in [0.29, 0.717) is 24.4 Å². The maximum atomic E-state index is 13.2. The third-order valence-electron chi connectivity index (χ3n) is 4.26. The second-order valence-electron chi connectivity index (χ2n) is 6.63. The number of anilines is 1. The van der Waals surface area contributed by atoms with E-state index in [0.717, 1.165) is 12.3 Å². The van der Waals surface area contributed by atoms with Crippen molar-refractivity contribution in [3.8, 4) is 17.0 Å². The maximum Gasteiger partial charge on any atom is 0.408 e. The van der Waals surface area contributed by atoms with E-state index >= 15 is 0 Å². The number of hydrogen-bond acceptors (Lipinski definition) is 4. The van der Waals surface area contributed by atoms with E-state index in [4.69, 9.17) is 11.6 Å². The molecule has 0 saturated heterocycles. The summed E-state index contributed by atoms with van der Waals surface area (Å²) in [5.74, 6) is -1.39. The second kappa shape index (κ2) is 9.15. The third-order valence-corrected chi connectivity index (χ3v) is 4.65. The van der Waals surface area contributed by atoms with Gasteiger partial charge in [0.25, 0.3) is 0 Å². The van der Waals surface area contributed by atoms with Crippen LogP contribution in [0.1, 0.15) is 33.4 Å². The van der Waals surface area contributed by atoms with Gasteiger partial charge < -0.3 is 10.1 Å². The lowest BCUT2D eigenvalue weighted by Gasteiger charge is -2.25. The van der Waals surface area contributed by atoms with Gasteiger partial charge >= 0.3 is 12.8 Å². The zero-order chi connectivity index (χ0) is 21.9. The zero-order valence-corrected chi connectivity index (χ0v) is 17.1. The van der Waals surface area contributed by atoms with Crippen LogP contribution in [0.5, 0.6) is 5.75 Å². The minimum absolute atomic E-state index is 0.114. The van der Waals surface area contributed by atoms with Gasteiger partial charge in [-0.2, -0.15) is 27.1 Å². The molecule has 5 nitrogen and oxygen atoms in total. The van der Waals surface area contributed by atoms with E-state index in [1.807, 2.05) is 6.92 Å². The molecule has 0 fully saturated rings. The SMILES string of the molecule is CCc1nn(CC)c(-c2cnc(NC(C(C)C)C(F)(F)F)cc2OC(F)F)c1Cl. The Bertz CT molecular complexity index is 838. The van der Waals surface area contributed by atoms with Gasteiger partial charge in [-0.15, -0.1) is 0 Å². The highest BCUT2D eigenvalue weighted by Crippen LogP contribution is 2.39. The molecule has 0 aliphatic carbocycles. The van der Waals surface area contributed by atoms with Crippen molar-refractivity contribution in [3.05, 3.63) is 23.0 Å². The summed E-state index contributed by atoms with van der Waals surface area (Å²) in [5.41, 5.74) is 0.991. The van der Waals surface area contributed by atoms with E-state index < -0.39 is 24.7 Å². The Morgan fingerprint density at radius 1 is 1.24 bits per heavy atom. The predicted molar refractivity (Wildman–Crippen MR) is 100 cm³/mol. The first-order valence-corrected chi connectivity index (χ1v) is 9.40. The molecule has 0 radical (unpaired) electrons. The van der Waals surface area contributed by atoms with Crippen LogP contribution in [0.2, 0.25) is 5.02 Å². The van der Waals surface area contributed by atoms with E-state index in [1.165, 1.54) is 18.5 Å². The van der Waals surface area contributed by atoms with Crippen molar-refractivity contribution < 1.29 is 26.7 Å². The Hall–Kier alpha value is -2.10. The molecule has 0 saturated carbocycles. The lowest BCUT2D eigenvalue weighted by atomic mass is 10.0. The number of pyridine rings is 1. The highest BCUT2D eigenvalue weighted by Gasteiger charge is 2.42. The summed E-state index contributed by atoms with van der Waals surface area (Å²) in [6, 6.07) is -0.894. The van der Waals surface area contributed by atoms with Crippen molar-refractivity contribution in [1.29, 1.82) is 0 Å². The standard InChI is InChI=1S/C18H22ClF5N4O/c1-5-11-14(19)15(28(6-2)27-11)10-8-25-13(7-12(10)29-17(20)21)26-16(9(3)4)18(22,23)24/h7-9,16-17H,5-6H2,1-4H3,(H,25,26). The summed E-state index contributed by atoms with van der Waals surface area (Å²) in [7, 11) is 0. The molecular formula is C18H22ClF5N4O. The summed E-state index contributed by atoms with van der Waals surface area (Å²) in [6.45, 7) is 3.62. The van der Waals surface area contributed by atoms with Gasteiger partial charge in [-0.25, -0.2) is 4.98 Å². The largest absolute Gasteiger partial charge is 0.434 e. The van der Waals surface area contributed by atoms with Gasteiger partial charge in [0.15, 0.2) is 0 Å². The maximum absolute atomic E-state index is 13.2. The number of halogens is 6. The number of ether oxygens (including phenoxy) is 1. The Kier molecular flexibility index (Phi) is 7.31. The van der Waals surface area contributed by atoms with Crippen LogP contribution in [0.25, 0.3) is 11.3 Å². The third kappa shape index (κ3) is 5.29. The number of alkyl halides is 5. The molecule has 0 aliphatic heterocycles. The van der Waals surface area contributed by atoms with Crippen LogP contribution in [0, 0.1) is 5.92 Å². The van der Waals surface area contributed by atoms with Crippen LogP contribution in [0.4, 0.5) is 27.8 Å². The average Bonchev–Trinajstić information content (AvgIpc) is 2.93. The van der Waals surface area contributed by atoms with Crippen molar-refractivity contribution in [2.45, 2.75) is 59.5 Å². The first-order valence-electron chi connectivity index (χ1n) is 9.03. The van der Waals surface area contributed by atoms with Gasteiger partial charge in [-0.1, -0.05) is 32.4 Å². The molecule has 0 aromatic carbocycles. The molecule has 1 N–H and O–H groups in total. The molecule has 0 aliphatic rings. The monoisotopic (exact) mass is 440 g/mol. The van der Waals surface area contributed by atoms with Crippen molar-refractivity contribution in [2.24, 2.45) is 5.92 Å². The van der Waals surface area contributed by atoms with Gasteiger partial charge in [0.05, 0.1) is 22.0 Å². The van der Waals surface area contributed by atoms with Gasteiger partial charge in [-0.05, 0) is 19.3 Å². The second-order valence-corrected chi connectivity index (χ2v) is 7.01. The number of rotatable bonds is 8. The Balaban J connectivity index is 2.55. The van der Waals surface area contributed by atoms with Crippen LogP contribution < -0.4 is 10.1 Å². The molecule has 162 valence electrons. The molecule has 2 rings (SSSR count). The molecule has 0 bridgehead atoms. The van der Waals surface area contributed by atoms with Gasteiger partial charge in [0.1, 0.15) is 17.6 Å². The van der Waals surface area contributed by atoms with Gasteiger partial charge in [0.2, 0.25) is 0 Å². The summed E-state index contributed by atoms with van der Waals surface area (Å²) in [5, 5.41) is 6.83. The first kappa shape index (κ1) is 23.2. The highest BCUT2D eigenvalue weighted by molar-refractivity contribution is 6.33. The lowest BCUT2D eigenvalue weighted by molar-refractivity contribution is -0.150. The van der Waals surface area contributed by atoms with E-state index in [2.05, 4.69) is 20.1 Å². The Morgan fingerprint density at radius 2 is 1.90 bits per heavy atom. The van der Waals surface area contributed by atoms with Crippen LogP contribution in [0.3, 0.4) is 0 Å². The molecule has 2 aromatic heterocycles. The van der Waals surface area contributed by atoms with E-state index in [-0.39, 0.29) is 22.2 Å². The van der Waals surface area contributed by atoms with Crippen molar-refractivity contribution in [3.63, 3.8) is 0 Å². The van der Waals surface area contributed by atoms with Crippen LogP contribution in [-0.4, -0.2) is 33.6 Å². The van der Waals surface area contributed by atoms with Crippen LogP contribution in [-0.2, 0) is 13.0 Å². The smallest absolute Gasteiger partial charge is 0.408 e. The van der Waals surface area contributed by atoms with Crippen molar-refractivity contribution in [2.75, 3.05) is 5.32 Å².